The molecule has 17 heavy (non-hydrogen) atoms. The van der Waals surface area contributed by atoms with Crippen molar-refractivity contribution < 1.29 is 9.13 Å². The summed E-state index contributed by atoms with van der Waals surface area (Å²) in [6.45, 7) is 6.41. The van der Waals surface area contributed by atoms with E-state index in [0.29, 0.717) is 19.8 Å². The van der Waals surface area contributed by atoms with Crippen molar-refractivity contribution in [2.24, 2.45) is 5.73 Å². The Bertz CT molecular complexity index is 320. The molecule has 3 nitrogen and oxygen atoms in total. The molecular weight excluding hydrogens is 219 g/mol. The van der Waals surface area contributed by atoms with E-state index in [2.05, 4.69) is 11.8 Å². The lowest BCUT2D eigenvalue weighted by atomic mass is 10.2. The molecule has 0 aliphatic rings. The van der Waals surface area contributed by atoms with Crippen molar-refractivity contribution in [1.29, 1.82) is 0 Å². The lowest BCUT2D eigenvalue weighted by Crippen LogP contribution is -2.27. The van der Waals surface area contributed by atoms with E-state index < -0.39 is 0 Å². The Morgan fingerprint density at radius 3 is 2.82 bits per heavy atom. The zero-order valence-corrected chi connectivity index (χ0v) is 10.4. The van der Waals surface area contributed by atoms with Gasteiger partial charge in [-0.05, 0) is 24.2 Å². The maximum absolute atomic E-state index is 13.0. The van der Waals surface area contributed by atoms with Gasteiger partial charge < -0.3 is 10.5 Å². The fourth-order valence-electron chi connectivity index (χ4n) is 1.62. The number of rotatable bonds is 8. The minimum Gasteiger partial charge on any atom is -0.379 e. The molecule has 0 amide bonds. The summed E-state index contributed by atoms with van der Waals surface area (Å²) in [4.78, 5) is 2.21. The molecule has 0 saturated carbocycles. The van der Waals surface area contributed by atoms with Crippen LogP contribution in [0.1, 0.15) is 12.5 Å². The molecule has 0 aliphatic carbocycles. The smallest absolute Gasteiger partial charge is 0.123 e. The molecule has 0 aromatic heterocycles. The van der Waals surface area contributed by atoms with Crippen molar-refractivity contribution in [3.05, 3.63) is 35.6 Å². The summed E-state index contributed by atoms with van der Waals surface area (Å²) >= 11 is 0. The van der Waals surface area contributed by atoms with Crippen LogP contribution >= 0.6 is 0 Å². The first-order valence-electron chi connectivity index (χ1n) is 6.01. The monoisotopic (exact) mass is 240 g/mol. The number of nitrogens with two attached hydrogens (primary N) is 1. The number of hydrogen-bond donors (Lipinski definition) is 1. The quantitative estimate of drug-likeness (QED) is 0.702. The van der Waals surface area contributed by atoms with Crippen molar-refractivity contribution in [2.75, 3.05) is 32.8 Å². The zero-order valence-electron chi connectivity index (χ0n) is 10.4. The Hall–Kier alpha value is -0.970. The average molecular weight is 240 g/mol. The molecule has 96 valence electrons. The van der Waals surface area contributed by atoms with Crippen LogP contribution in [0.3, 0.4) is 0 Å². The first-order valence-corrected chi connectivity index (χ1v) is 6.01. The highest BCUT2D eigenvalue weighted by atomic mass is 19.1. The van der Waals surface area contributed by atoms with Gasteiger partial charge in [-0.15, -0.1) is 0 Å². The van der Waals surface area contributed by atoms with Gasteiger partial charge >= 0.3 is 0 Å². The van der Waals surface area contributed by atoms with E-state index in [1.54, 1.807) is 12.1 Å². The van der Waals surface area contributed by atoms with E-state index in [0.717, 1.165) is 25.2 Å². The number of nitrogens with zero attached hydrogens (tertiary/aromatic N) is 1. The molecule has 4 heteroatoms. The molecule has 0 unspecified atom stereocenters. The van der Waals surface area contributed by atoms with E-state index in [1.165, 1.54) is 6.07 Å². The topological polar surface area (TPSA) is 38.5 Å². The third-order valence-electron chi connectivity index (χ3n) is 2.56. The molecular formula is C13H21FN2O. The fourth-order valence-corrected chi connectivity index (χ4v) is 1.62. The van der Waals surface area contributed by atoms with Gasteiger partial charge in [0.1, 0.15) is 5.82 Å². The van der Waals surface area contributed by atoms with Crippen LogP contribution < -0.4 is 5.73 Å². The second-order valence-corrected chi connectivity index (χ2v) is 3.90. The normalized spacial score (nSPS) is 11.1. The lowest BCUT2D eigenvalue weighted by Gasteiger charge is -2.20. The second-order valence-electron chi connectivity index (χ2n) is 3.90. The minimum absolute atomic E-state index is 0.182. The van der Waals surface area contributed by atoms with Gasteiger partial charge in [0.15, 0.2) is 0 Å². The Morgan fingerprint density at radius 1 is 1.35 bits per heavy atom. The van der Waals surface area contributed by atoms with E-state index in [1.807, 2.05) is 6.07 Å². The van der Waals surface area contributed by atoms with E-state index in [-0.39, 0.29) is 5.82 Å². The van der Waals surface area contributed by atoms with Crippen LogP contribution in [-0.4, -0.2) is 37.7 Å². The Labute approximate surface area is 102 Å². The number of benzene rings is 1. The largest absolute Gasteiger partial charge is 0.379 e. The van der Waals surface area contributed by atoms with Crippen LogP contribution in [0.25, 0.3) is 0 Å². The number of hydrogen-bond acceptors (Lipinski definition) is 3. The van der Waals surface area contributed by atoms with Crippen molar-refractivity contribution in [3.8, 4) is 0 Å². The van der Waals surface area contributed by atoms with Crippen LogP contribution in [0.15, 0.2) is 24.3 Å². The van der Waals surface area contributed by atoms with Gasteiger partial charge in [-0.3, -0.25) is 4.90 Å². The molecule has 2 N–H and O–H groups in total. The number of likely N-dealkylation sites (N-methyl/N-ethyl adjacent to an activating group) is 1. The minimum atomic E-state index is -0.182. The molecule has 0 fully saturated rings. The third-order valence-corrected chi connectivity index (χ3v) is 2.56. The summed E-state index contributed by atoms with van der Waals surface area (Å²) in [7, 11) is 0. The molecule has 0 saturated heterocycles. The molecule has 0 heterocycles. The molecule has 1 aromatic carbocycles. The van der Waals surface area contributed by atoms with Crippen molar-refractivity contribution in [1.82, 2.24) is 4.90 Å². The van der Waals surface area contributed by atoms with E-state index in [4.69, 9.17) is 10.5 Å². The maximum Gasteiger partial charge on any atom is 0.123 e. The summed E-state index contributed by atoms with van der Waals surface area (Å²) < 4.78 is 18.4. The molecule has 0 atom stereocenters. The Balaban J connectivity index is 2.35. The number of halogens is 1. The highest BCUT2D eigenvalue weighted by molar-refractivity contribution is 5.16. The van der Waals surface area contributed by atoms with E-state index >= 15 is 0 Å². The predicted molar refractivity (Wildman–Crippen MR) is 67.2 cm³/mol. The zero-order chi connectivity index (χ0) is 12.5. The highest BCUT2D eigenvalue weighted by Crippen LogP contribution is 2.06. The van der Waals surface area contributed by atoms with Gasteiger partial charge in [0.2, 0.25) is 0 Å². The summed E-state index contributed by atoms with van der Waals surface area (Å²) in [5, 5.41) is 0. The van der Waals surface area contributed by atoms with Crippen LogP contribution in [0.2, 0.25) is 0 Å². The summed E-state index contributed by atoms with van der Waals surface area (Å²) in [6, 6.07) is 6.71. The fraction of sp³-hybridized carbons (Fsp3) is 0.538. The van der Waals surface area contributed by atoms with Gasteiger partial charge in [0, 0.05) is 19.6 Å². The molecule has 1 aromatic rings. The SMILES string of the molecule is CCN(CCOCCN)Cc1cccc(F)c1. The first-order chi connectivity index (χ1) is 8.26. The molecule has 0 bridgehead atoms. The van der Waals surface area contributed by atoms with E-state index in [9.17, 15) is 4.39 Å². The van der Waals surface area contributed by atoms with Crippen molar-refractivity contribution in [2.45, 2.75) is 13.5 Å². The van der Waals surface area contributed by atoms with Gasteiger partial charge in [-0.25, -0.2) is 4.39 Å². The summed E-state index contributed by atoms with van der Waals surface area (Å²) in [5.41, 5.74) is 6.33. The van der Waals surface area contributed by atoms with Crippen molar-refractivity contribution >= 4 is 0 Å². The summed E-state index contributed by atoms with van der Waals surface area (Å²) in [6.07, 6.45) is 0. The maximum atomic E-state index is 13.0. The van der Waals surface area contributed by atoms with Crippen LogP contribution in [0, 0.1) is 5.82 Å². The summed E-state index contributed by atoms with van der Waals surface area (Å²) in [5.74, 6) is -0.182. The van der Waals surface area contributed by atoms with Crippen LogP contribution in [-0.2, 0) is 11.3 Å². The number of ether oxygens (including phenoxy) is 1. The van der Waals surface area contributed by atoms with Crippen molar-refractivity contribution in [3.63, 3.8) is 0 Å². The van der Waals surface area contributed by atoms with Gasteiger partial charge in [0.25, 0.3) is 0 Å². The van der Waals surface area contributed by atoms with Gasteiger partial charge in [-0.1, -0.05) is 19.1 Å². The standard InChI is InChI=1S/C13H21FN2O/c1-2-16(7-9-17-8-6-15)11-12-4-3-5-13(14)10-12/h3-5,10H,2,6-9,11,15H2,1H3. The second kappa shape index (κ2) is 8.17. The van der Waals surface area contributed by atoms with Gasteiger partial charge in [-0.2, -0.15) is 0 Å². The third kappa shape index (κ3) is 5.77. The molecule has 0 aliphatic heterocycles. The highest BCUT2D eigenvalue weighted by Gasteiger charge is 2.04. The first kappa shape index (κ1) is 14.1. The molecule has 0 radical (unpaired) electrons. The van der Waals surface area contributed by atoms with Crippen LogP contribution in [0.4, 0.5) is 4.39 Å². The lowest BCUT2D eigenvalue weighted by molar-refractivity contribution is 0.108. The Morgan fingerprint density at radius 2 is 2.18 bits per heavy atom. The average Bonchev–Trinajstić information content (AvgIpc) is 2.33. The predicted octanol–water partition coefficient (Wildman–Crippen LogP) is 1.62. The van der Waals surface area contributed by atoms with Gasteiger partial charge in [0.05, 0.1) is 13.2 Å². The molecule has 0 spiro atoms. The molecule has 1 rings (SSSR count). The van der Waals surface area contributed by atoms with Crippen LogP contribution in [0.5, 0.6) is 0 Å². The Kier molecular flexibility index (Phi) is 6.77.